The molecule has 0 N–H and O–H groups in total. The Bertz CT molecular complexity index is 302. The van der Waals surface area contributed by atoms with Gasteiger partial charge in [-0.1, -0.05) is 6.08 Å². The van der Waals surface area contributed by atoms with Gasteiger partial charge in [-0.25, -0.2) is 0 Å². The SMILES string of the molecule is C1=C(CN2CCCC3(CCCCO3)C2)COCC1. The molecule has 1 spiro atoms. The standard InChI is InChI=1S/C15H25NO2/c1-2-10-18-15(6-1)7-4-8-16(13-15)11-14-5-3-9-17-12-14/h5H,1-4,6-13H2. The van der Waals surface area contributed by atoms with Crippen LogP contribution in [0.15, 0.2) is 11.6 Å². The molecule has 102 valence electrons. The molecule has 0 saturated carbocycles. The summed E-state index contributed by atoms with van der Waals surface area (Å²) >= 11 is 0. The number of ether oxygens (including phenoxy) is 2. The van der Waals surface area contributed by atoms with Crippen molar-refractivity contribution >= 4 is 0 Å². The molecule has 2 saturated heterocycles. The molecule has 1 atom stereocenters. The van der Waals surface area contributed by atoms with Crippen molar-refractivity contribution < 1.29 is 9.47 Å². The summed E-state index contributed by atoms with van der Waals surface area (Å²) in [6.45, 7) is 6.15. The maximum absolute atomic E-state index is 6.13. The number of likely N-dealkylation sites (tertiary alicyclic amines) is 1. The van der Waals surface area contributed by atoms with Gasteiger partial charge in [-0.2, -0.15) is 0 Å². The number of nitrogens with zero attached hydrogens (tertiary/aromatic N) is 1. The lowest BCUT2D eigenvalue weighted by Crippen LogP contribution is -2.51. The monoisotopic (exact) mass is 251 g/mol. The van der Waals surface area contributed by atoms with Gasteiger partial charge in [0, 0.05) is 19.7 Å². The van der Waals surface area contributed by atoms with E-state index < -0.39 is 0 Å². The Morgan fingerprint density at radius 1 is 1.17 bits per heavy atom. The van der Waals surface area contributed by atoms with Crippen LogP contribution in [0.2, 0.25) is 0 Å². The third-order valence-corrected chi connectivity index (χ3v) is 4.46. The van der Waals surface area contributed by atoms with E-state index in [9.17, 15) is 0 Å². The van der Waals surface area contributed by atoms with Crippen LogP contribution >= 0.6 is 0 Å². The van der Waals surface area contributed by atoms with Gasteiger partial charge < -0.3 is 9.47 Å². The van der Waals surface area contributed by atoms with Crippen molar-refractivity contribution in [2.24, 2.45) is 0 Å². The minimum Gasteiger partial charge on any atom is -0.377 e. The lowest BCUT2D eigenvalue weighted by molar-refractivity contribution is -0.115. The van der Waals surface area contributed by atoms with Crippen LogP contribution in [-0.4, -0.2) is 50.0 Å². The van der Waals surface area contributed by atoms with E-state index in [-0.39, 0.29) is 5.60 Å². The summed E-state index contributed by atoms with van der Waals surface area (Å²) < 4.78 is 11.7. The molecule has 0 aromatic carbocycles. The molecule has 0 aromatic heterocycles. The number of hydrogen-bond acceptors (Lipinski definition) is 3. The topological polar surface area (TPSA) is 21.7 Å². The summed E-state index contributed by atoms with van der Waals surface area (Å²) in [5.41, 5.74) is 1.65. The third-order valence-electron chi connectivity index (χ3n) is 4.46. The van der Waals surface area contributed by atoms with Gasteiger partial charge >= 0.3 is 0 Å². The first-order chi connectivity index (χ1) is 8.86. The first kappa shape index (κ1) is 12.6. The van der Waals surface area contributed by atoms with E-state index >= 15 is 0 Å². The second-order valence-electron chi connectivity index (χ2n) is 6.01. The minimum absolute atomic E-state index is 0.187. The number of piperidine rings is 1. The van der Waals surface area contributed by atoms with Gasteiger partial charge in [0.25, 0.3) is 0 Å². The predicted octanol–water partition coefficient (Wildman–Crippen LogP) is 2.37. The van der Waals surface area contributed by atoms with Crippen LogP contribution in [0.3, 0.4) is 0 Å². The van der Waals surface area contributed by atoms with E-state index in [1.807, 2.05) is 0 Å². The molecule has 3 nitrogen and oxygen atoms in total. The van der Waals surface area contributed by atoms with Crippen LogP contribution in [0.5, 0.6) is 0 Å². The maximum Gasteiger partial charge on any atom is 0.0809 e. The summed E-state index contributed by atoms with van der Waals surface area (Å²) in [5.74, 6) is 0. The molecule has 0 radical (unpaired) electrons. The van der Waals surface area contributed by atoms with Gasteiger partial charge in [0.1, 0.15) is 0 Å². The Hall–Kier alpha value is -0.380. The van der Waals surface area contributed by atoms with E-state index in [1.165, 1.54) is 44.2 Å². The van der Waals surface area contributed by atoms with Gasteiger partial charge in [0.2, 0.25) is 0 Å². The van der Waals surface area contributed by atoms with Gasteiger partial charge in [0.15, 0.2) is 0 Å². The van der Waals surface area contributed by atoms with Gasteiger partial charge in [-0.15, -0.1) is 0 Å². The molecule has 0 aromatic rings. The fourth-order valence-corrected chi connectivity index (χ4v) is 3.56. The largest absolute Gasteiger partial charge is 0.377 e. The molecule has 0 amide bonds. The van der Waals surface area contributed by atoms with Gasteiger partial charge in [-0.3, -0.25) is 4.90 Å². The molecule has 3 heterocycles. The predicted molar refractivity (Wildman–Crippen MR) is 71.7 cm³/mol. The average Bonchev–Trinajstić information content (AvgIpc) is 2.41. The van der Waals surface area contributed by atoms with Crippen molar-refractivity contribution in [3.63, 3.8) is 0 Å². The summed E-state index contributed by atoms with van der Waals surface area (Å²) in [6, 6.07) is 0. The second-order valence-corrected chi connectivity index (χ2v) is 6.01. The minimum atomic E-state index is 0.187. The Morgan fingerprint density at radius 3 is 2.89 bits per heavy atom. The van der Waals surface area contributed by atoms with Crippen LogP contribution < -0.4 is 0 Å². The van der Waals surface area contributed by atoms with Crippen LogP contribution in [0.1, 0.15) is 38.5 Å². The quantitative estimate of drug-likeness (QED) is 0.703. The Kier molecular flexibility index (Phi) is 4.02. The highest BCUT2D eigenvalue weighted by atomic mass is 16.5. The van der Waals surface area contributed by atoms with E-state index in [4.69, 9.17) is 9.47 Å². The zero-order chi connectivity index (χ0) is 12.3. The molecular weight excluding hydrogens is 226 g/mol. The second kappa shape index (κ2) is 5.72. The first-order valence-electron chi connectivity index (χ1n) is 7.48. The molecule has 3 aliphatic heterocycles. The molecule has 3 rings (SSSR count). The highest BCUT2D eigenvalue weighted by Gasteiger charge is 2.37. The first-order valence-corrected chi connectivity index (χ1v) is 7.48. The highest BCUT2D eigenvalue weighted by Crippen LogP contribution is 2.33. The Morgan fingerprint density at radius 2 is 2.11 bits per heavy atom. The smallest absolute Gasteiger partial charge is 0.0809 e. The van der Waals surface area contributed by atoms with Crippen molar-refractivity contribution in [2.75, 3.05) is 39.5 Å². The molecule has 3 aliphatic rings. The van der Waals surface area contributed by atoms with Crippen molar-refractivity contribution in [2.45, 2.75) is 44.1 Å². The van der Waals surface area contributed by atoms with Crippen molar-refractivity contribution in [3.8, 4) is 0 Å². The normalized spacial score (nSPS) is 34.6. The lowest BCUT2D eigenvalue weighted by atomic mass is 9.85. The van der Waals surface area contributed by atoms with Gasteiger partial charge in [0.05, 0.1) is 18.8 Å². The van der Waals surface area contributed by atoms with Crippen molar-refractivity contribution in [1.29, 1.82) is 0 Å². The Labute approximate surface area is 110 Å². The third kappa shape index (κ3) is 2.95. The summed E-state index contributed by atoms with van der Waals surface area (Å²) in [4.78, 5) is 2.58. The van der Waals surface area contributed by atoms with E-state index in [0.29, 0.717) is 0 Å². The van der Waals surface area contributed by atoms with E-state index in [1.54, 1.807) is 0 Å². The van der Waals surface area contributed by atoms with Crippen molar-refractivity contribution in [1.82, 2.24) is 4.90 Å². The zero-order valence-electron chi connectivity index (χ0n) is 11.3. The lowest BCUT2D eigenvalue weighted by Gasteiger charge is -2.45. The Balaban J connectivity index is 1.57. The fourth-order valence-electron chi connectivity index (χ4n) is 3.56. The van der Waals surface area contributed by atoms with Gasteiger partial charge in [-0.05, 0) is 50.6 Å². The summed E-state index contributed by atoms with van der Waals surface area (Å²) in [7, 11) is 0. The molecule has 0 bridgehead atoms. The molecular formula is C15H25NO2. The molecule has 2 fully saturated rings. The number of hydrogen-bond donors (Lipinski definition) is 0. The molecule has 3 heteroatoms. The average molecular weight is 251 g/mol. The van der Waals surface area contributed by atoms with Crippen LogP contribution in [0, 0.1) is 0 Å². The van der Waals surface area contributed by atoms with E-state index in [0.717, 1.165) is 39.3 Å². The summed E-state index contributed by atoms with van der Waals surface area (Å²) in [5, 5.41) is 0. The molecule has 18 heavy (non-hydrogen) atoms. The molecule has 0 aliphatic carbocycles. The molecule has 1 unspecified atom stereocenters. The highest BCUT2D eigenvalue weighted by molar-refractivity contribution is 5.08. The fraction of sp³-hybridized carbons (Fsp3) is 0.867. The summed E-state index contributed by atoms with van der Waals surface area (Å²) in [6.07, 6.45) is 9.87. The number of rotatable bonds is 2. The maximum atomic E-state index is 6.13. The van der Waals surface area contributed by atoms with Crippen molar-refractivity contribution in [3.05, 3.63) is 11.6 Å². The van der Waals surface area contributed by atoms with Crippen LogP contribution in [-0.2, 0) is 9.47 Å². The van der Waals surface area contributed by atoms with E-state index in [2.05, 4.69) is 11.0 Å². The zero-order valence-corrected chi connectivity index (χ0v) is 11.3. The van der Waals surface area contributed by atoms with Crippen LogP contribution in [0.4, 0.5) is 0 Å². The van der Waals surface area contributed by atoms with Crippen LogP contribution in [0.25, 0.3) is 0 Å².